The molecule has 2 amide bonds. The zero-order valence-electron chi connectivity index (χ0n) is 15.5. The van der Waals surface area contributed by atoms with Gasteiger partial charge in [0.15, 0.2) is 0 Å². The maximum absolute atomic E-state index is 12.6. The SMILES string of the molecule is O=C(Nc1ccc2c(c1)CN(CC(F)F)C2)N1CCN(c2ccccn2)CC1. The zero-order chi connectivity index (χ0) is 19.5. The highest BCUT2D eigenvalue weighted by Crippen LogP contribution is 2.26. The molecule has 0 atom stereocenters. The lowest BCUT2D eigenvalue weighted by Gasteiger charge is -2.35. The lowest BCUT2D eigenvalue weighted by Crippen LogP contribution is -2.50. The summed E-state index contributed by atoms with van der Waals surface area (Å²) in [5, 5.41) is 2.94. The van der Waals surface area contributed by atoms with Gasteiger partial charge in [-0.05, 0) is 35.4 Å². The number of pyridine rings is 1. The second-order valence-corrected chi connectivity index (χ2v) is 7.14. The summed E-state index contributed by atoms with van der Waals surface area (Å²) < 4.78 is 25.2. The van der Waals surface area contributed by atoms with Crippen molar-refractivity contribution in [3.05, 3.63) is 53.7 Å². The third-order valence-corrected chi connectivity index (χ3v) is 5.18. The fourth-order valence-corrected chi connectivity index (χ4v) is 3.75. The van der Waals surface area contributed by atoms with Gasteiger partial charge in [-0.2, -0.15) is 0 Å². The molecule has 8 heteroatoms. The minimum Gasteiger partial charge on any atom is -0.353 e. The molecule has 0 bridgehead atoms. The summed E-state index contributed by atoms with van der Waals surface area (Å²) in [6, 6.07) is 11.3. The van der Waals surface area contributed by atoms with Crippen LogP contribution in [-0.2, 0) is 13.1 Å². The van der Waals surface area contributed by atoms with Crippen LogP contribution in [0, 0.1) is 0 Å². The molecular weight excluding hydrogens is 364 g/mol. The van der Waals surface area contributed by atoms with Gasteiger partial charge in [0.05, 0.1) is 6.54 Å². The molecule has 2 aliphatic rings. The fourth-order valence-electron chi connectivity index (χ4n) is 3.75. The predicted octanol–water partition coefficient (Wildman–Crippen LogP) is 3.02. The molecule has 28 heavy (non-hydrogen) atoms. The molecule has 0 unspecified atom stereocenters. The molecule has 0 saturated carbocycles. The second kappa shape index (κ2) is 8.10. The standard InChI is InChI=1S/C20H23F2N5O/c21-18(22)14-25-12-15-4-5-17(11-16(15)13-25)24-20(28)27-9-7-26(8-10-27)19-3-1-2-6-23-19/h1-6,11,18H,7-10,12-14H2,(H,24,28). The second-order valence-electron chi connectivity index (χ2n) is 7.14. The van der Waals surface area contributed by atoms with E-state index in [1.807, 2.05) is 36.4 Å². The Morgan fingerprint density at radius 2 is 1.86 bits per heavy atom. The summed E-state index contributed by atoms with van der Waals surface area (Å²) in [5.74, 6) is 0.925. The summed E-state index contributed by atoms with van der Waals surface area (Å²) in [7, 11) is 0. The Hall–Kier alpha value is -2.74. The largest absolute Gasteiger partial charge is 0.353 e. The van der Waals surface area contributed by atoms with E-state index in [0.717, 1.165) is 30.0 Å². The van der Waals surface area contributed by atoms with Crippen LogP contribution < -0.4 is 10.2 Å². The predicted molar refractivity (Wildman–Crippen MR) is 104 cm³/mol. The molecule has 1 aromatic carbocycles. The maximum atomic E-state index is 12.6. The van der Waals surface area contributed by atoms with Gasteiger partial charge in [0.2, 0.25) is 0 Å². The highest BCUT2D eigenvalue weighted by molar-refractivity contribution is 5.89. The van der Waals surface area contributed by atoms with E-state index in [-0.39, 0.29) is 12.6 Å². The van der Waals surface area contributed by atoms with Gasteiger partial charge in [0, 0.05) is 51.2 Å². The highest BCUT2D eigenvalue weighted by Gasteiger charge is 2.24. The van der Waals surface area contributed by atoms with Gasteiger partial charge in [-0.25, -0.2) is 18.6 Å². The number of hydrogen-bond donors (Lipinski definition) is 1. The van der Waals surface area contributed by atoms with Crippen molar-refractivity contribution in [2.24, 2.45) is 0 Å². The van der Waals surface area contributed by atoms with Crippen LogP contribution in [0.1, 0.15) is 11.1 Å². The summed E-state index contributed by atoms with van der Waals surface area (Å²) in [5.41, 5.74) is 2.75. The molecule has 1 N–H and O–H groups in total. The van der Waals surface area contributed by atoms with Crippen LogP contribution in [0.3, 0.4) is 0 Å². The van der Waals surface area contributed by atoms with Crippen LogP contribution in [-0.4, -0.2) is 60.0 Å². The van der Waals surface area contributed by atoms with Crippen LogP contribution in [0.25, 0.3) is 0 Å². The van der Waals surface area contributed by atoms with Crippen LogP contribution in [0.5, 0.6) is 0 Å². The first-order chi connectivity index (χ1) is 13.6. The molecule has 0 spiro atoms. The van der Waals surface area contributed by atoms with Crippen molar-refractivity contribution >= 4 is 17.5 Å². The van der Waals surface area contributed by atoms with Gasteiger partial charge in [0.1, 0.15) is 5.82 Å². The molecule has 4 rings (SSSR count). The number of nitrogens with one attached hydrogen (secondary N) is 1. The molecule has 1 saturated heterocycles. The molecule has 0 aliphatic carbocycles. The molecule has 0 radical (unpaired) electrons. The Kier molecular flexibility index (Phi) is 5.38. The van der Waals surface area contributed by atoms with Crippen molar-refractivity contribution < 1.29 is 13.6 Å². The first-order valence-corrected chi connectivity index (χ1v) is 9.43. The van der Waals surface area contributed by atoms with Crippen molar-refractivity contribution in [2.75, 3.05) is 42.9 Å². The molecular formula is C20H23F2N5O. The maximum Gasteiger partial charge on any atom is 0.321 e. The van der Waals surface area contributed by atoms with Crippen LogP contribution >= 0.6 is 0 Å². The quantitative estimate of drug-likeness (QED) is 0.876. The fraction of sp³-hybridized carbons (Fsp3) is 0.400. The summed E-state index contributed by atoms with van der Waals surface area (Å²) in [6.45, 7) is 3.51. The molecule has 2 aliphatic heterocycles. The number of alkyl halides is 2. The van der Waals surface area contributed by atoms with E-state index in [1.165, 1.54) is 0 Å². The van der Waals surface area contributed by atoms with Crippen molar-refractivity contribution in [3.8, 4) is 0 Å². The number of piperazine rings is 1. The molecule has 148 valence electrons. The van der Waals surface area contributed by atoms with Crippen molar-refractivity contribution in [1.82, 2.24) is 14.8 Å². The van der Waals surface area contributed by atoms with Gasteiger partial charge in [-0.3, -0.25) is 4.90 Å². The van der Waals surface area contributed by atoms with E-state index < -0.39 is 6.43 Å². The molecule has 2 aromatic rings. The van der Waals surface area contributed by atoms with Gasteiger partial charge >= 0.3 is 6.03 Å². The number of urea groups is 1. The Labute approximate surface area is 162 Å². The minimum atomic E-state index is -2.33. The number of carbonyl (C=O) groups is 1. The number of aromatic nitrogens is 1. The molecule has 1 fully saturated rings. The number of amides is 2. The van der Waals surface area contributed by atoms with Gasteiger partial charge in [-0.15, -0.1) is 0 Å². The Morgan fingerprint density at radius 3 is 2.57 bits per heavy atom. The zero-order valence-corrected chi connectivity index (χ0v) is 15.5. The highest BCUT2D eigenvalue weighted by atomic mass is 19.3. The Bertz CT molecular complexity index is 825. The number of anilines is 2. The number of halogens is 2. The van der Waals surface area contributed by atoms with E-state index in [1.54, 1.807) is 16.0 Å². The number of hydrogen-bond acceptors (Lipinski definition) is 4. The molecule has 3 heterocycles. The monoisotopic (exact) mass is 387 g/mol. The number of benzene rings is 1. The number of fused-ring (bicyclic) bond motifs is 1. The number of carbonyl (C=O) groups excluding carboxylic acids is 1. The molecule has 6 nitrogen and oxygen atoms in total. The third-order valence-electron chi connectivity index (χ3n) is 5.18. The van der Waals surface area contributed by atoms with E-state index in [0.29, 0.717) is 31.9 Å². The van der Waals surface area contributed by atoms with Gasteiger partial charge < -0.3 is 15.1 Å². The van der Waals surface area contributed by atoms with Crippen molar-refractivity contribution in [1.29, 1.82) is 0 Å². The van der Waals surface area contributed by atoms with Gasteiger partial charge in [0.25, 0.3) is 6.43 Å². The Balaban J connectivity index is 1.32. The van der Waals surface area contributed by atoms with E-state index in [9.17, 15) is 13.6 Å². The average Bonchev–Trinajstić information content (AvgIpc) is 3.09. The van der Waals surface area contributed by atoms with Crippen LogP contribution in [0.15, 0.2) is 42.6 Å². The lowest BCUT2D eigenvalue weighted by molar-refractivity contribution is 0.0873. The van der Waals surface area contributed by atoms with Crippen LogP contribution in [0.2, 0.25) is 0 Å². The van der Waals surface area contributed by atoms with E-state index in [2.05, 4.69) is 15.2 Å². The Morgan fingerprint density at radius 1 is 1.07 bits per heavy atom. The molecule has 1 aromatic heterocycles. The first-order valence-electron chi connectivity index (χ1n) is 9.43. The summed E-state index contributed by atoms with van der Waals surface area (Å²) in [4.78, 5) is 22.6. The lowest BCUT2D eigenvalue weighted by atomic mass is 10.1. The van der Waals surface area contributed by atoms with E-state index in [4.69, 9.17) is 0 Å². The third kappa shape index (κ3) is 4.22. The summed E-state index contributed by atoms with van der Waals surface area (Å²) in [6.07, 6.45) is -0.566. The van der Waals surface area contributed by atoms with E-state index >= 15 is 0 Å². The minimum absolute atomic E-state index is 0.136. The number of nitrogens with zero attached hydrogens (tertiary/aromatic N) is 4. The van der Waals surface area contributed by atoms with Gasteiger partial charge in [-0.1, -0.05) is 12.1 Å². The van der Waals surface area contributed by atoms with Crippen LogP contribution in [0.4, 0.5) is 25.1 Å². The average molecular weight is 387 g/mol. The first kappa shape index (κ1) is 18.6. The van der Waals surface area contributed by atoms with Crippen molar-refractivity contribution in [2.45, 2.75) is 19.5 Å². The smallest absolute Gasteiger partial charge is 0.321 e. The topological polar surface area (TPSA) is 51.7 Å². The number of rotatable bonds is 4. The summed E-state index contributed by atoms with van der Waals surface area (Å²) >= 11 is 0. The van der Waals surface area contributed by atoms with Crippen molar-refractivity contribution in [3.63, 3.8) is 0 Å². The normalized spacial score (nSPS) is 17.1.